The summed E-state index contributed by atoms with van der Waals surface area (Å²) in [7, 11) is -4.67. The summed E-state index contributed by atoms with van der Waals surface area (Å²) in [5.41, 5.74) is 5.01. The van der Waals surface area contributed by atoms with Crippen molar-refractivity contribution in [3.63, 3.8) is 0 Å². The number of hydrogen-bond donors (Lipinski definition) is 5. The Hall–Kier alpha value is -0.860. The molecule has 80 valence electrons. The Morgan fingerprint density at radius 3 is 1.92 bits per heavy atom. The summed E-state index contributed by atoms with van der Waals surface area (Å²) >= 11 is 0. The van der Waals surface area contributed by atoms with Gasteiger partial charge < -0.3 is 11.1 Å². The average molecular weight is 213 g/mol. The molecule has 0 spiro atoms. The molecule has 0 fully saturated rings. The van der Waals surface area contributed by atoms with Gasteiger partial charge in [0.05, 0.1) is 0 Å². The molecule has 6 N–H and O–H groups in total. The molecular formula is C5H15N3O4S. The highest BCUT2D eigenvalue weighted by atomic mass is 32.3. The predicted molar refractivity (Wildman–Crippen MR) is 48.9 cm³/mol. The molecule has 0 radical (unpaired) electrons. The van der Waals surface area contributed by atoms with Gasteiger partial charge in [-0.05, 0) is 5.92 Å². The fourth-order valence-electron chi connectivity index (χ4n) is 0.314. The van der Waals surface area contributed by atoms with Gasteiger partial charge in [0.2, 0.25) is 0 Å². The Bertz CT molecular complexity index is 228. The lowest BCUT2D eigenvalue weighted by Crippen LogP contribution is -2.32. The van der Waals surface area contributed by atoms with E-state index in [9.17, 15) is 0 Å². The van der Waals surface area contributed by atoms with E-state index in [1.165, 1.54) is 0 Å². The number of nitrogens with one attached hydrogen (secondary N) is 2. The van der Waals surface area contributed by atoms with Crippen LogP contribution in [0.25, 0.3) is 0 Å². The van der Waals surface area contributed by atoms with Crippen molar-refractivity contribution < 1.29 is 17.5 Å². The van der Waals surface area contributed by atoms with Gasteiger partial charge in [-0.15, -0.1) is 0 Å². The van der Waals surface area contributed by atoms with Crippen LogP contribution in [-0.4, -0.2) is 30.0 Å². The predicted octanol–water partition coefficient (Wildman–Crippen LogP) is -0.527. The van der Waals surface area contributed by atoms with Crippen LogP contribution in [0.2, 0.25) is 0 Å². The van der Waals surface area contributed by atoms with Gasteiger partial charge in [0.1, 0.15) is 0 Å². The Morgan fingerprint density at radius 1 is 1.54 bits per heavy atom. The lowest BCUT2D eigenvalue weighted by Gasteiger charge is -2.04. The molecule has 0 aromatic heterocycles. The first-order chi connectivity index (χ1) is 5.63. The SMILES string of the molecule is CC(C)CNC(=N)N.O=S(=O)(O)O. The molecule has 0 aliphatic heterocycles. The van der Waals surface area contributed by atoms with Crippen LogP contribution in [0.5, 0.6) is 0 Å². The summed E-state index contributed by atoms with van der Waals surface area (Å²) in [5, 5.41) is 9.46. The van der Waals surface area contributed by atoms with Crippen LogP contribution in [0, 0.1) is 11.3 Å². The maximum absolute atomic E-state index is 8.74. The Balaban J connectivity index is 0. The number of nitrogens with two attached hydrogens (primary N) is 1. The van der Waals surface area contributed by atoms with Crippen molar-refractivity contribution in [2.45, 2.75) is 13.8 Å². The Morgan fingerprint density at radius 2 is 1.85 bits per heavy atom. The molecule has 0 aromatic rings. The molecular weight excluding hydrogens is 198 g/mol. The maximum atomic E-state index is 8.74. The highest BCUT2D eigenvalue weighted by Gasteiger charge is 1.90. The maximum Gasteiger partial charge on any atom is 0.394 e. The third-order valence-corrected chi connectivity index (χ3v) is 0.701. The average Bonchev–Trinajstić information content (AvgIpc) is 1.79. The first-order valence-corrected chi connectivity index (χ1v) is 4.80. The number of rotatable bonds is 2. The zero-order chi connectivity index (χ0) is 11.1. The Labute approximate surface area is 77.4 Å². The van der Waals surface area contributed by atoms with Gasteiger partial charge in [-0.25, -0.2) is 0 Å². The summed E-state index contributed by atoms with van der Waals surface area (Å²) in [6.45, 7) is 4.92. The normalized spacial score (nSPS) is 10.2. The monoisotopic (exact) mass is 213 g/mol. The lowest BCUT2D eigenvalue weighted by atomic mass is 10.2. The molecule has 0 bridgehead atoms. The number of hydrogen-bond acceptors (Lipinski definition) is 3. The molecule has 0 unspecified atom stereocenters. The minimum Gasteiger partial charge on any atom is -0.370 e. The van der Waals surface area contributed by atoms with Gasteiger partial charge in [0, 0.05) is 6.54 Å². The van der Waals surface area contributed by atoms with E-state index in [4.69, 9.17) is 28.7 Å². The molecule has 0 amide bonds. The van der Waals surface area contributed by atoms with Crippen LogP contribution in [0.3, 0.4) is 0 Å². The summed E-state index contributed by atoms with van der Waals surface area (Å²) < 4.78 is 31.6. The quantitative estimate of drug-likeness (QED) is 0.237. The van der Waals surface area contributed by atoms with Gasteiger partial charge in [0.25, 0.3) is 0 Å². The molecule has 0 rings (SSSR count). The van der Waals surface area contributed by atoms with Crippen LogP contribution in [0.15, 0.2) is 0 Å². The van der Waals surface area contributed by atoms with Gasteiger partial charge >= 0.3 is 10.4 Å². The van der Waals surface area contributed by atoms with Crippen molar-refractivity contribution in [2.75, 3.05) is 6.54 Å². The second-order valence-corrected chi connectivity index (χ2v) is 3.53. The third-order valence-electron chi connectivity index (χ3n) is 0.701. The van der Waals surface area contributed by atoms with Gasteiger partial charge in [-0.2, -0.15) is 8.42 Å². The smallest absolute Gasteiger partial charge is 0.370 e. The van der Waals surface area contributed by atoms with Gasteiger partial charge in [-0.1, -0.05) is 13.8 Å². The second kappa shape index (κ2) is 6.63. The molecule has 0 saturated heterocycles. The first kappa shape index (κ1) is 14.7. The first-order valence-electron chi connectivity index (χ1n) is 3.40. The largest absolute Gasteiger partial charge is 0.394 e. The van der Waals surface area contributed by atoms with Gasteiger partial charge in [0.15, 0.2) is 5.96 Å². The third kappa shape index (κ3) is 54.3. The van der Waals surface area contributed by atoms with Crippen molar-refractivity contribution in [1.82, 2.24) is 5.32 Å². The van der Waals surface area contributed by atoms with Crippen molar-refractivity contribution in [1.29, 1.82) is 5.41 Å². The zero-order valence-electron chi connectivity index (χ0n) is 7.48. The van der Waals surface area contributed by atoms with E-state index in [-0.39, 0.29) is 5.96 Å². The van der Waals surface area contributed by atoms with Crippen LogP contribution >= 0.6 is 0 Å². The van der Waals surface area contributed by atoms with E-state index in [2.05, 4.69) is 19.2 Å². The van der Waals surface area contributed by atoms with E-state index < -0.39 is 10.4 Å². The molecule has 0 aliphatic rings. The van der Waals surface area contributed by atoms with Crippen molar-refractivity contribution in [2.24, 2.45) is 11.7 Å². The zero-order valence-corrected chi connectivity index (χ0v) is 8.30. The molecule has 8 heteroatoms. The van der Waals surface area contributed by atoms with E-state index in [1.54, 1.807) is 0 Å². The van der Waals surface area contributed by atoms with E-state index >= 15 is 0 Å². The molecule has 0 atom stereocenters. The van der Waals surface area contributed by atoms with E-state index in [0.717, 1.165) is 6.54 Å². The molecule has 7 nitrogen and oxygen atoms in total. The molecule has 0 heterocycles. The molecule has 0 saturated carbocycles. The second-order valence-electron chi connectivity index (χ2n) is 2.64. The lowest BCUT2D eigenvalue weighted by molar-refractivity contribution is 0.381. The van der Waals surface area contributed by atoms with Crippen LogP contribution in [-0.2, 0) is 10.4 Å². The summed E-state index contributed by atoms with van der Waals surface area (Å²) in [6.07, 6.45) is 0. The molecule has 13 heavy (non-hydrogen) atoms. The van der Waals surface area contributed by atoms with Crippen LogP contribution in [0.4, 0.5) is 0 Å². The Kier molecular flexibility index (Phi) is 7.48. The van der Waals surface area contributed by atoms with Crippen molar-refractivity contribution >= 4 is 16.4 Å². The van der Waals surface area contributed by atoms with Crippen molar-refractivity contribution in [3.05, 3.63) is 0 Å². The fraction of sp³-hybridized carbons (Fsp3) is 0.800. The summed E-state index contributed by atoms with van der Waals surface area (Å²) in [4.78, 5) is 0. The summed E-state index contributed by atoms with van der Waals surface area (Å²) in [6, 6.07) is 0. The van der Waals surface area contributed by atoms with Crippen LogP contribution in [0.1, 0.15) is 13.8 Å². The minimum absolute atomic E-state index is 0.0544. The van der Waals surface area contributed by atoms with E-state index in [1.807, 2.05) is 0 Å². The standard InChI is InChI=1S/C5H13N3.H2O4S/c1-4(2)3-8-5(6)7;1-5(2,3)4/h4H,3H2,1-2H3,(H4,6,7,8);(H2,1,2,3,4). The highest BCUT2D eigenvalue weighted by Crippen LogP contribution is 1.84. The van der Waals surface area contributed by atoms with Crippen molar-refractivity contribution in [3.8, 4) is 0 Å². The highest BCUT2D eigenvalue weighted by molar-refractivity contribution is 7.79. The van der Waals surface area contributed by atoms with Gasteiger partial charge in [-0.3, -0.25) is 14.5 Å². The topological polar surface area (TPSA) is 136 Å². The minimum atomic E-state index is -4.67. The van der Waals surface area contributed by atoms with Crippen LogP contribution < -0.4 is 11.1 Å². The molecule has 0 aliphatic carbocycles. The molecule has 0 aromatic carbocycles. The fourth-order valence-corrected chi connectivity index (χ4v) is 0.314. The summed E-state index contributed by atoms with van der Waals surface area (Å²) in [5.74, 6) is 0.609. The van der Waals surface area contributed by atoms with E-state index in [0.29, 0.717) is 5.92 Å². The number of guanidine groups is 1.